The fraction of sp³-hybridized carbons (Fsp3) is 0.524. The molecule has 1 aromatic carbocycles. The Kier molecular flexibility index (Phi) is 9.36. The molecule has 0 radical (unpaired) electrons. The summed E-state index contributed by atoms with van der Waals surface area (Å²) in [5, 5.41) is 18.8. The highest BCUT2D eigenvalue weighted by Crippen LogP contribution is 2.32. The number of amides is 1. The number of hydrogen-bond acceptors (Lipinski definition) is 4. The van der Waals surface area contributed by atoms with Crippen LogP contribution < -0.4 is 0 Å². The van der Waals surface area contributed by atoms with Gasteiger partial charge >= 0.3 is 12.1 Å². The number of nitrogens with zero attached hydrogens (tertiary/aromatic N) is 1. The van der Waals surface area contributed by atoms with Gasteiger partial charge in [-0.2, -0.15) is 24.9 Å². The summed E-state index contributed by atoms with van der Waals surface area (Å²) < 4.78 is 51.8. The summed E-state index contributed by atoms with van der Waals surface area (Å²) in [7, 11) is 0. The van der Waals surface area contributed by atoms with Gasteiger partial charge in [0.1, 0.15) is 5.82 Å². The van der Waals surface area contributed by atoms with Crippen LogP contribution in [0, 0.1) is 5.82 Å². The zero-order valence-corrected chi connectivity index (χ0v) is 17.6. The van der Waals surface area contributed by atoms with E-state index in [4.69, 9.17) is 5.11 Å². The minimum absolute atomic E-state index is 0.0105. The second-order valence-electron chi connectivity index (χ2n) is 7.27. The minimum atomic E-state index is -4.81. The Labute approximate surface area is 182 Å². The van der Waals surface area contributed by atoms with E-state index in [0.29, 0.717) is 43.4 Å². The van der Waals surface area contributed by atoms with Crippen LogP contribution in [0.25, 0.3) is 0 Å². The number of rotatable bonds is 11. The number of aliphatic hydroxyl groups is 1. The highest BCUT2D eigenvalue weighted by atomic mass is 32.2. The third-order valence-electron chi connectivity index (χ3n) is 4.87. The first kappa shape index (κ1) is 25.2. The van der Waals surface area contributed by atoms with E-state index in [0.717, 1.165) is 6.07 Å². The van der Waals surface area contributed by atoms with Crippen LogP contribution in [0.15, 0.2) is 30.4 Å². The lowest BCUT2D eigenvalue weighted by Crippen LogP contribution is -2.34. The number of carbonyl (C=O) groups is 2. The number of carbonyl (C=O) groups excluding carboxylic acids is 1. The van der Waals surface area contributed by atoms with Crippen molar-refractivity contribution in [2.75, 3.05) is 18.1 Å². The maximum Gasteiger partial charge on any atom is 0.419 e. The second kappa shape index (κ2) is 11.5. The van der Waals surface area contributed by atoms with Crippen LogP contribution in [0.2, 0.25) is 0 Å². The van der Waals surface area contributed by atoms with E-state index >= 15 is 0 Å². The largest absolute Gasteiger partial charge is 0.481 e. The molecule has 0 bridgehead atoms. The summed E-state index contributed by atoms with van der Waals surface area (Å²) in [5.41, 5.74) is -1.21. The predicted molar refractivity (Wildman–Crippen MR) is 109 cm³/mol. The van der Waals surface area contributed by atoms with E-state index in [-0.39, 0.29) is 30.4 Å². The molecule has 2 atom stereocenters. The fourth-order valence-corrected chi connectivity index (χ4v) is 4.20. The van der Waals surface area contributed by atoms with Gasteiger partial charge in [-0.15, -0.1) is 0 Å². The van der Waals surface area contributed by atoms with Crippen molar-refractivity contribution in [3.05, 3.63) is 47.3 Å². The number of benzene rings is 1. The van der Waals surface area contributed by atoms with Crippen molar-refractivity contribution in [1.82, 2.24) is 4.90 Å². The summed E-state index contributed by atoms with van der Waals surface area (Å²) in [5.74, 6) is -0.862. The van der Waals surface area contributed by atoms with Crippen LogP contribution in [-0.4, -0.2) is 57.2 Å². The maximum atomic E-state index is 13.4. The van der Waals surface area contributed by atoms with Crippen molar-refractivity contribution in [3.8, 4) is 0 Å². The number of aliphatic carboxylic acids is 1. The van der Waals surface area contributed by atoms with Crippen LogP contribution in [-0.2, 0) is 22.2 Å². The molecule has 1 saturated heterocycles. The number of likely N-dealkylation sites (tertiary alicyclic amines) is 1. The maximum absolute atomic E-state index is 13.4. The topological polar surface area (TPSA) is 77.8 Å². The number of carboxylic acids is 1. The van der Waals surface area contributed by atoms with E-state index in [2.05, 4.69) is 0 Å². The van der Waals surface area contributed by atoms with Crippen LogP contribution in [0.3, 0.4) is 0 Å². The molecule has 2 N–H and O–H groups in total. The molecule has 5 nitrogen and oxygen atoms in total. The molecule has 172 valence electrons. The number of hydrogen-bond donors (Lipinski definition) is 2. The first-order valence-corrected chi connectivity index (χ1v) is 11.0. The Morgan fingerprint density at radius 1 is 1.32 bits per heavy atom. The smallest absolute Gasteiger partial charge is 0.419 e. The van der Waals surface area contributed by atoms with Gasteiger partial charge in [0.05, 0.1) is 17.7 Å². The highest BCUT2D eigenvalue weighted by Gasteiger charge is 2.34. The molecule has 1 aliphatic heterocycles. The van der Waals surface area contributed by atoms with Gasteiger partial charge in [-0.25, -0.2) is 4.39 Å². The zero-order chi connectivity index (χ0) is 23.0. The standard InChI is InChI=1S/C21H25F4NO4S/c22-18-7-3-14(13-17(18)21(23,24)25)12-16(27)6-4-15-5-8-19(28)26(15)9-11-31-10-1-2-20(29)30/h3-4,6-7,13,15-16,27H,1-2,5,8-12H2,(H,29,30)/b6-4+/t15-,16+/m0/s1. The molecular formula is C21H25F4NO4S. The SMILES string of the molecule is O=C(O)CCCSCCN1C(=O)CC[C@@H]1/C=C/[C@@H](O)Cc1ccc(F)c(C(F)(F)F)c1. The van der Waals surface area contributed by atoms with Crippen molar-refractivity contribution in [2.45, 2.75) is 50.4 Å². The molecule has 1 heterocycles. The van der Waals surface area contributed by atoms with Gasteiger partial charge in [0, 0.05) is 31.6 Å². The molecule has 0 aliphatic carbocycles. The lowest BCUT2D eigenvalue weighted by Gasteiger charge is -2.22. The third kappa shape index (κ3) is 8.17. The Morgan fingerprint density at radius 2 is 2.06 bits per heavy atom. The minimum Gasteiger partial charge on any atom is -0.481 e. The second-order valence-corrected chi connectivity index (χ2v) is 8.50. The van der Waals surface area contributed by atoms with Crippen molar-refractivity contribution >= 4 is 23.6 Å². The Balaban J connectivity index is 1.87. The van der Waals surface area contributed by atoms with Gasteiger partial charge in [0.25, 0.3) is 0 Å². The summed E-state index contributed by atoms with van der Waals surface area (Å²) in [6.45, 7) is 0.495. The molecule has 1 aliphatic rings. The molecule has 1 amide bonds. The van der Waals surface area contributed by atoms with Crippen LogP contribution in [0.5, 0.6) is 0 Å². The number of alkyl halides is 3. The van der Waals surface area contributed by atoms with Gasteiger partial charge in [-0.1, -0.05) is 18.2 Å². The molecule has 31 heavy (non-hydrogen) atoms. The summed E-state index contributed by atoms with van der Waals surface area (Å²) in [4.78, 5) is 24.3. The van der Waals surface area contributed by atoms with Gasteiger partial charge in [-0.3, -0.25) is 9.59 Å². The van der Waals surface area contributed by atoms with E-state index in [1.807, 2.05) is 0 Å². The first-order chi connectivity index (χ1) is 14.6. The normalized spacial score (nSPS) is 18.2. The Morgan fingerprint density at radius 3 is 2.74 bits per heavy atom. The molecule has 0 saturated carbocycles. The molecule has 0 aromatic heterocycles. The van der Waals surface area contributed by atoms with Gasteiger partial charge in [0.2, 0.25) is 5.91 Å². The van der Waals surface area contributed by atoms with E-state index in [1.165, 1.54) is 12.1 Å². The number of carboxylic acid groups (broad SMARTS) is 1. The quantitative estimate of drug-likeness (QED) is 0.296. The Hall–Kier alpha value is -2.07. The molecule has 0 unspecified atom stereocenters. The van der Waals surface area contributed by atoms with Crippen molar-refractivity contribution in [3.63, 3.8) is 0 Å². The summed E-state index contributed by atoms with van der Waals surface area (Å²) >= 11 is 1.56. The zero-order valence-electron chi connectivity index (χ0n) is 16.8. The molecule has 0 spiro atoms. The average Bonchev–Trinajstić information content (AvgIpc) is 3.03. The van der Waals surface area contributed by atoms with Crippen molar-refractivity contribution < 1.29 is 37.4 Å². The van der Waals surface area contributed by atoms with E-state index in [9.17, 15) is 32.3 Å². The predicted octanol–water partition coefficient (Wildman–Crippen LogP) is 3.89. The van der Waals surface area contributed by atoms with Crippen molar-refractivity contribution in [2.24, 2.45) is 0 Å². The van der Waals surface area contributed by atoms with Gasteiger partial charge in [-0.05, 0) is 36.3 Å². The summed E-state index contributed by atoms with van der Waals surface area (Å²) in [6, 6.07) is 2.43. The monoisotopic (exact) mass is 463 g/mol. The lowest BCUT2D eigenvalue weighted by atomic mass is 10.0. The lowest BCUT2D eigenvalue weighted by molar-refractivity contribution is -0.140. The first-order valence-electron chi connectivity index (χ1n) is 9.89. The molecule has 2 rings (SSSR count). The Bertz CT molecular complexity index is 800. The van der Waals surface area contributed by atoms with Gasteiger partial charge < -0.3 is 15.1 Å². The number of aliphatic hydroxyl groups excluding tert-OH is 1. The highest BCUT2D eigenvalue weighted by molar-refractivity contribution is 7.99. The fourth-order valence-electron chi connectivity index (χ4n) is 3.32. The number of thioether (sulfide) groups is 1. The van der Waals surface area contributed by atoms with E-state index < -0.39 is 29.6 Å². The van der Waals surface area contributed by atoms with Crippen LogP contribution in [0.1, 0.15) is 36.8 Å². The third-order valence-corrected chi connectivity index (χ3v) is 5.92. The van der Waals surface area contributed by atoms with Crippen LogP contribution in [0.4, 0.5) is 17.6 Å². The van der Waals surface area contributed by atoms with E-state index in [1.54, 1.807) is 22.7 Å². The molecule has 1 fully saturated rings. The molecule has 10 heteroatoms. The summed E-state index contributed by atoms with van der Waals surface area (Å²) in [6.07, 6.45) is -1.24. The number of halogens is 4. The molecule has 1 aromatic rings. The van der Waals surface area contributed by atoms with Crippen molar-refractivity contribution in [1.29, 1.82) is 0 Å². The van der Waals surface area contributed by atoms with Crippen LogP contribution >= 0.6 is 11.8 Å². The van der Waals surface area contributed by atoms with Gasteiger partial charge in [0.15, 0.2) is 0 Å². The molecular weight excluding hydrogens is 438 g/mol. The average molecular weight is 463 g/mol.